The molecule has 2 aliphatic heterocycles. The lowest BCUT2D eigenvalue weighted by atomic mass is 9.87. The highest BCUT2D eigenvalue weighted by molar-refractivity contribution is 6.20. The first-order valence-electron chi connectivity index (χ1n) is 5.67. The van der Waals surface area contributed by atoms with Crippen molar-refractivity contribution in [1.29, 1.82) is 5.26 Å². The molecular formula is C11H15ClN2O3. The van der Waals surface area contributed by atoms with Crippen LogP contribution in [0.25, 0.3) is 0 Å². The Morgan fingerprint density at radius 1 is 1.65 bits per heavy atom. The standard InChI is InChI=1S/C11H15ClN2O3/c1-16-10(15)4-6-8(5-13)17-7-2-3-9(12)14-11(6)7/h6-9,11,14H,2-4H2,1H3. The Labute approximate surface area is 105 Å². The summed E-state index contributed by atoms with van der Waals surface area (Å²) >= 11 is 6.04. The zero-order valence-corrected chi connectivity index (χ0v) is 10.3. The van der Waals surface area contributed by atoms with Gasteiger partial charge in [-0.15, -0.1) is 11.6 Å². The summed E-state index contributed by atoms with van der Waals surface area (Å²) in [6.07, 6.45) is 1.24. The van der Waals surface area contributed by atoms with E-state index in [9.17, 15) is 4.79 Å². The number of nitrogens with zero attached hydrogens (tertiary/aromatic N) is 1. The summed E-state index contributed by atoms with van der Waals surface area (Å²) in [5.41, 5.74) is -0.113. The van der Waals surface area contributed by atoms with Gasteiger partial charge in [0, 0.05) is 12.0 Å². The number of carbonyl (C=O) groups is 1. The maximum absolute atomic E-state index is 11.3. The fraction of sp³-hybridized carbons (Fsp3) is 0.818. The molecule has 0 aromatic carbocycles. The van der Waals surface area contributed by atoms with Crippen LogP contribution in [0.15, 0.2) is 0 Å². The minimum Gasteiger partial charge on any atom is -0.469 e. The van der Waals surface area contributed by atoms with E-state index in [1.807, 2.05) is 0 Å². The molecule has 2 fully saturated rings. The number of nitrogens with one attached hydrogen (secondary N) is 1. The molecular weight excluding hydrogens is 244 g/mol. The van der Waals surface area contributed by atoms with Crippen molar-refractivity contribution in [1.82, 2.24) is 5.32 Å². The Kier molecular flexibility index (Phi) is 3.87. The van der Waals surface area contributed by atoms with Crippen molar-refractivity contribution < 1.29 is 14.3 Å². The van der Waals surface area contributed by atoms with Crippen LogP contribution in [0.3, 0.4) is 0 Å². The molecule has 5 atom stereocenters. The van der Waals surface area contributed by atoms with Gasteiger partial charge in [0.25, 0.3) is 0 Å². The van der Waals surface area contributed by atoms with Gasteiger partial charge < -0.3 is 9.47 Å². The number of hydrogen-bond acceptors (Lipinski definition) is 5. The van der Waals surface area contributed by atoms with Crippen LogP contribution in [0.2, 0.25) is 0 Å². The largest absolute Gasteiger partial charge is 0.469 e. The van der Waals surface area contributed by atoms with E-state index in [0.717, 1.165) is 12.8 Å². The summed E-state index contributed by atoms with van der Waals surface area (Å²) in [6.45, 7) is 0. The number of methoxy groups -OCH3 is 1. The lowest BCUT2D eigenvalue weighted by Gasteiger charge is -2.31. The molecule has 2 aliphatic rings. The molecule has 0 amide bonds. The van der Waals surface area contributed by atoms with E-state index in [1.165, 1.54) is 7.11 Å². The quantitative estimate of drug-likeness (QED) is 0.450. The lowest BCUT2D eigenvalue weighted by molar-refractivity contribution is -0.142. The molecule has 0 bridgehead atoms. The molecule has 2 rings (SSSR count). The zero-order chi connectivity index (χ0) is 12.4. The summed E-state index contributed by atoms with van der Waals surface area (Å²) in [6, 6.07) is 2.07. The maximum atomic E-state index is 11.3. The summed E-state index contributed by atoms with van der Waals surface area (Å²) in [7, 11) is 1.34. The summed E-state index contributed by atoms with van der Waals surface area (Å²) in [4.78, 5) is 11.3. The van der Waals surface area contributed by atoms with E-state index in [0.29, 0.717) is 0 Å². The van der Waals surface area contributed by atoms with Gasteiger partial charge in [-0.1, -0.05) is 0 Å². The number of nitriles is 1. The van der Waals surface area contributed by atoms with E-state index >= 15 is 0 Å². The van der Waals surface area contributed by atoms with Gasteiger partial charge in [-0.3, -0.25) is 10.1 Å². The number of hydrogen-bond donors (Lipinski definition) is 1. The lowest BCUT2D eigenvalue weighted by Crippen LogP contribution is -2.49. The summed E-state index contributed by atoms with van der Waals surface area (Å²) < 4.78 is 10.3. The summed E-state index contributed by atoms with van der Waals surface area (Å²) in [5, 5.41) is 12.3. The van der Waals surface area contributed by atoms with E-state index in [-0.39, 0.29) is 36.0 Å². The van der Waals surface area contributed by atoms with Gasteiger partial charge in [-0.2, -0.15) is 5.26 Å². The molecule has 0 saturated carbocycles. The van der Waals surface area contributed by atoms with E-state index in [2.05, 4.69) is 16.1 Å². The third-order valence-corrected chi connectivity index (χ3v) is 3.75. The van der Waals surface area contributed by atoms with E-state index < -0.39 is 6.10 Å². The molecule has 5 unspecified atom stereocenters. The van der Waals surface area contributed by atoms with Crippen LogP contribution in [0, 0.1) is 17.2 Å². The monoisotopic (exact) mass is 258 g/mol. The van der Waals surface area contributed by atoms with Crippen molar-refractivity contribution in [2.75, 3.05) is 7.11 Å². The third-order valence-electron chi connectivity index (χ3n) is 3.41. The highest BCUT2D eigenvalue weighted by Crippen LogP contribution is 2.35. The molecule has 1 N–H and O–H groups in total. The molecule has 0 aliphatic carbocycles. The van der Waals surface area contributed by atoms with Gasteiger partial charge in [0.05, 0.1) is 31.2 Å². The normalized spacial score (nSPS) is 40.4. The van der Waals surface area contributed by atoms with Crippen molar-refractivity contribution in [3.8, 4) is 6.07 Å². The topological polar surface area (TPSA) is 71.4 Å². The Balaban J connectivity index is 2.09. The Bertz CT molecular complexity index is 344. The van der Waals surface area contributed by atoms with Crippen LogP contribution in [-0.4, -0.2) is 36.8 Å². The van der Waals surface area contributed by atoms with Gasteiger partial charge >= 0.3 is 5.97 Å². The second-order valence-electron chi connectivity index (χ2n) is 4.41. The molecule has 0 aromatic rings. The number of fused-ring (bicyclic) bond motifs is 1. The number of ether oxygens (including phenoxy) is 2. The van der Waals surface area contributed by atoms with Crippen LogP contribution in [0.5, 0.6) is 0 Å². The van der Waals surface area contributed by atoms with Crippen molar-refractivity contribution in [2.45, 2.75) is 43.0 Å². The van der Waals surface area contributed by atoms with Crippen LogP contribution in [0.1, 0.15) is 19.3 Å². The number of esters is 1. The van der Waals surface area contributed by atoms with Gasteiger partial charge in [0.15, 0.2) is 0 Å². The predicted octanol–water partition coefficient (Wildman–Crippen LogP) is 0.774. The Morgan fingerprint density at radius 3 is 3.06 bits per heavy atom. The number of carbonyl (C=O) groups excluding carboxylic acids is 1. The molecule has 0 radical (unpaired) electrons. The SMILES string of the molecule is COC(=O)CC1C(C#N)OC2CCC(Cl)NC21. The molecule has 94 valence electrons. The number of halogens is 1. The fourth-order valence-electron chi connectivity index (χ4n) is 2.56. The van der Waals surface area contributed by atoms with Crippen molar-refractivity contribution in [3.05, 3.63) is 0 Å². The van der Waals surface area contributed by atoms with Crippen LogP contribution < -0.4 is 5.32 Å². The Hall–Kier alpha value is -0.830. The average Bonchev–Trinajstić information content (AvgIpc) is 2.67. The Morgan fingerprint density at radius 2 is 2.41 bits per heavy atom. The van der Waals surface area contributed by atoms with Crippen molar-refractivity contribution in [2.24, 2.45) is 5.92 Å². The molecule has 2 saturated heterocycles. The minimum absolute atomic E-state index is 0.0238. The highest BCUT2D eigenvalue weighted by Gasteiger charge is 2.47. The summed E-state index contributed by atoms with van der Waals surface area (Å²) in [5.74, 6) is -0.503. The third kappa shape index (κ3) is 2.54. The molecule has 2 heterocycles. The molecule has 6 heteroatoms. The molecule has 17 heavy (non-hydrogen) atoms. The number of rotatable bonds is 2. The average molecular weight is 259 g/mol. The van der Waals surface area contributed by atoms with E-state index in [4.69, 9.17) is 21.6 Å². The maximum Gasteiger partial charge on any atom is 0.305 e. The van der Waals surface area contributed by atoms with Crippen molar-refractivity contribution in [3.63, 3.8) is 0 Å². The van der Waals surface area contributed by atoms with E-state index in [1.54, 1.807) is 0 Å². The smallest absolute Gasteiger partial charge is 0.305 e. The molecule has 0 aromatic heterocycles. The second-order valence-corrected chi connectivity index (χ2v) is 4.93. The first-order chi connectivity index (χ1) is 8.15. The second kappa shape index (κ2) is 5.21. The van der Waals surface area contributed by atoms with Gasteiger partial charge in [0.2, 0.25) is 0 Å². The van der Waals surface area contributed by atoms with Crippen LogP contribution >= 0.6 is 11.6 Å². The number of alkyl halides is 1. The predicted molar refractivity (Wildman–Crippen MR) is 60.2 cm³/mol. The van der Waals surface area contributed by atoms with Crippen LogP contribution in [0.4, 0.5) is 0 Å². The number of piperidine rings is 1. The molecule has 0 spiro atoms. The van der Waals surface area contributed by atoms with Crippen LogP contribution in [-0.2, 0) is 14.3 Å². The van der Waals surface area contributed by atoms with Gasteiger partial charge in [-0.05, 0) is 12.8 Å². The first-order valence-corrected chi connectivity index (χ1v) is 6.11. The van der Waals surface area contributed by atoms with Gasteiger partial charge in [0.1, 0.15) is 6.10 Å². The minimum atomic E-state index is -0.557. The van der Waals surface area contributed by atoms with Gasteiger partial charge in [-0.25, -0.2) is 0 Å². The van der Waals surface area contributed by atoms with Crippen molar-refractivity contribution >= 4 is 17.6 Å². The zero-order valence-electron chi connectivity index (χ0n) is 9.56. The fourth-order valence-corrected chi connectivity index (χ4v) is 2.83. The first kappa shape index (κ1) is 12.6. The molecule has 5 nitrogen and oxygen atoms in total. The highest BCUT2D eigenvalue weighted by atomic mass is 35.5.